The van der Waals surface area contributed by atoms with Gasteiger partial charge in [0, 0.05) is 43.5 Å². The Morgan fingerprint density at radius 2 is 1.68 bits per heavy atom. The zero-order chi connectivity index (χ0) is 29.8. The number of carbonyl (C=O) groups is 3. The fourth-order valence-electron chi connectivity index (χ4n) is 4.17. The van der Waals surface area contributed by atoms with Crippen LogP contribution in [0, 0.1) is 17.5 Å². The second-order valence-corrected chi connectivity index (χ2v) is 10.0. The maximum Gasteiger partial charge on any atom is 0.303 e. The Balaban J connectivity index is 1.82. The lowest BCUT2D eigenvalue weighted by molar-refractivity contribution is -0.212. The lowest BCUT2D eigenvalue weighted by Gasteiger charge is -2.44. The van der Waals surface area contributed by atoms with Crippen molar-refractivity contribution in [3.05, 3.63) is 64.5 Å². The van der Waals surface area contributed by atoms with Gasteiger partial charge >= 0.3 is 17.9 Å². The second-order valence-electron chi connectivity index (χ2n) is 8.83. The molecule has 16 heteroatoms. The van der Waals surface area contributed by atoms with Gasteiger partial charge in [0.05, 0.1) is 6.20 Å². The van der Waals surface area contributed by atoms with Gasteiger partial charge in [0.2, 0.25) is 5.56 Å². The van der Waals surface area contributed by atoms with Crippen molar-refractivity contribution in [2.24, 2.45) is 0 Å². The van der Waals surface area contributed by atoms with Crippen LogP contribution in [0.1, 0.15) is 26.8 Å². The molecule has 2 unspecified atom stereocenters. The Kier molecular flexibility index (Phi) is 9.12. The number of nitrogens with zero attached hydrogens (tertiary/aromatic N) is 3. The van der Waals surface area contributed by atoms with Crippen molar-refractivity contribution in [1.82, 2.24) is 20.0 Å². The highest BCUT2D eigenvalue weighted by atomic mass is 32.2. The molecule has 0 bridgehead atoms. The van der Waals surface area contributed by atoms with Gasteiger partial charge in [-0.2, -0.15) is 0 Å². The monoisotopic (exact) mass is 596 g/mol. The van der Waals surface area contributed by atoms with Crippen molar-refractivity contribution in [2.45, 2.75) is 55.5 Å². The molecule has 1 aliphatic heterocycles. The lowest BCUT2D eigenvalue weighted by Crippen LogP contribution is -2.57. The Morgan fingerprint density at radius 3 is 2.29 bits per heavy atom. The molecular formula is C25H23F3N4O8S. The van der Waals surface area contributed by atoms with Crippen LogP contribution in [0.3, 0.4) is 0 Å². The van der Waals surface area contributed by atoms with Crippen molar-refractivity contribution >= 4 is 29.7 Å². The molecule has 41 heavy (non-hydrogen) atoms. The number of hydrogen-bond donors (Lipinski definition) is 1. The molecule has 0 radical (unpaired) electrons. The molecular weight excluding hydrogens is 573 g/mol. The third-order valence-electron chi connectivity index (χ3n) is 5.77. The van der Waals surface area contributed by atoms with Crippen LogP contribution < -0.4 is 5.56 Å². The average Bonchev–Trinajstić information content (AvgIpc) is 3.37. The summed E-state index contributed by atoms with van der Waals surface area (Å²) in [7, 11) is 0. The molecule has 1 fully saturated rings. The first-order valence-electron chi connectivity index (χ1n) is 12.0. The molecule has 0 spiro atoms. The molecule has 4 rings (SSSR count). The molecule has 0 saturated carbocycles. The maximum absolute atomic E-state index is 13.9. The number of ether oxygens (including phenoxy) is 4. The number of rotatable bonds is 8. The minimum atomic E-state index is -1.66. The van der Waals surface area contributed by atoms with Gasteiger partial charge in [-0.05, 0) is 18.2 Å². The van der Waals surface area contributed by atoms with E-state index in [-0.39, 0.29) is 17.9 Å². The van der Waals surface area contributed by atoms with E-state index in [9.17, 15) is 32.3 Å². The molecule has 1 saturated heterocycles. The predicted molar refractivity (Wildman–Crippen MR) is 134 cm³/mol. The van der Waals surface area contributed by atoms with Gasteiger partial charge in [0.1, 0.15) is 29.9 Å². The summed E-state index contributed by atoms with van der Waals surface area (Å²) in [5, 5.41) is 7.93. The molecule has 3 heterocycles. The molecule has 2 aromatic heterocycles. The van der Waals surface area contributed by atoms with Gasteiger partial charge in [0.25, 0.3) is 0 Å². The molecule has 0 aliphatic carbocycles. The highest BCUT2D eigenvalue weighted by Gasteiger charge is 2.52. The highest BCUT2D eigenvalue weighted by Crippen LogP contribution is 2.41. The van der Waals surface area contributed by atoms with E-state index >= 15 is 0 Å². The van der Waals surface area contributed by atoms with E-state index in [0.29, 0.717) is 4.90 Å². The summed E-state index contributed by atoms with van der Waals surface area (Å²) >= 11 is 0.992. The van der Waals surface area contributed by atoms with Crippen molar-refractivity contribution in [3.63, 3.8) is 0 Å². The van der Waals surface area contributed by atoms with Crippen LogP contribution in [0.4, 0.5) is 13.2 Å². The number of hydrogen-bond acceptors (Lipinski definition) is 11. The number of halogens is 3. The summed E-state index contributed by atoms with van der Waals surface area (Å²) < 4.78 is 64.9. The maximum atomic E-state index is 13.9. The van der Waals surface area contributed by atoms with Gasteiger partial charge in [-0.3, -0.25) is 19.2 Å². The number of benzene rings is 1. The lowest BCUT2D eigenvalue weighted by atomic mass is 9.96. The number of nitrogens with one attached hydrogen (secondary N) is 1. The largest absolute Gasteiger partial charge is 0.463 e. The number of thioether (sulfide) groups is 1. The van der Waals surface area contributed by atoms with Crippen LogP contribution in [0.15, 0.2) is 46.3 Å². The molecule has 218 valence electrons. The van der Waals surface area contributed by atoms with Gasteiger partial charge < -0.3 is 23.9 Å². The van der Waals surface area contributed by atoms with Gasteiger partial charge in [-0.25, -0.2) is 17.9 Å². The van der Waals surface area contributed by atoms with Gasteiger partial charge in [-0.1, -0.05) is 17.0 Å². The van der Waals surface area contributed by atoms with E-state index in [1.807, 2.05) is 0 Å². The molecule has 1 aliphatic rings. The topological polar surface area (TPSA) is 152 Å². The summed E-state index contributed by atoms with van der Waals surface area (Å²) in [5.41, 5.74) is -1.74. The molecule has 1 N–H and O–H groups in total. The average molecular weight is 597 g/mol. The van der Waals surface area contributed by atoms with E-state index in [2.05, 4.69) is 15.3 Å². The second kappa shape index (κ2) is 12.6. The fourth-order valence-corrected chi connectivity index (χ4v) is 5.31. The third-order valence-corrected chi connectivity index (χ3v) is 6.90. The number of aromatic amines is 1. The van der Waals surface area contributed by atoms with Crippen LogP contribution in [-0.2, 0) is 33.3 Å². The van der Waals surface area contributed by atoms with E-state index in [1.54, 1.807) is 6.07 Å². The van der Waals surface area contributed by atoms with E-state index in [1.165, 1.54) is 18.5 Å². The number of pyridine rings is 1. The zero-order valence-electron chi connectivity index (χ0n) is 21.7. The number of H-pyrrole nitrogens is 1. The first-order chi connectivity index (χ1) is 19.4. The smallest absolute Gasteiger partial charge is 0.303 e. The first kappa shape index (κ1) is 29.8. The van der Waals surface area contributed by atoms with E-state index in [4.69, 9.17) is 18.9 Å². The zero-order valence-corrected chi connectivity index (χ0v) is 22.5. The number of carbonyl (C=O) groups excluding carboxylic acids is 3. The van der Waals surface area contributed by atoms with E-state index in [0.717, 1.165) is 49.3 Å². The van der Waals surface area contributed by atoms with Crippen LogP contribution in [0.2, 0.25) is 0 Å². The van der Waals surface area contributed by atoms with Gasteiger partial charge in [-0.15, -0.1) is 5.10 Å². The van der Waals surface area contributed by atoms with Crippen LogP contribution in [-0.4, -0.2) is 68.2 Å². The van der Waals surface area contributed by atoms with Gasteiger partial charge in [0.15, 0.2) is 29.7 Å². The SMILES string of the molecule is CC(=O)OCC1O[C@H](Sc2cc[nH]c(=O)c2)[C@@H](OC(C)=O)C(n2cc(-c3cc(F)c(F)c(F)c3)nn2)[C@H]1OC(C)=O. The Hall–Kier alpha value is -4.18. The Bertz CT molecular complexity index is 1490. The standard InChI is InChI=1S/C25H23F3N4O8S/c1-11(33)37-10-19-23(38-12(2)34)22(32-9-18(30-31-32)14-6-16(26)21(28)17(27)7-14)24(39-13(3)35)25(40-19)41-15-4-5-29-20(36)8-15/h4-9,19,22-25H,10H2,1-3H3,(H,29,36)/t19?,22?,23-,24-,25+/m0/s1. The summed E-state index contributed by atoms with van der Waals surface area (Å²) in [6.45, 7) is 3.03. The van der Waals surface area contributed by atoms with Crippen molar-refractivity contribution in [2.75, 3.05) is 6.61 Å². The summed E-state index contributed by atoms with van der Waals surface area (Å²) in [5.74, 6) is -6.73. The Morgan fingerprint density at radius 1 is 1.02 bits per heavy atom. The fraction of sp³-hybridized carbons (Fsp3) is 0.360. The number of esters is 3. The molecule has 0 amide bonds. The van der Waals surface area contributed by atoms with Crippen molar-refractivity contribution in [3.8, 4) is 11.3 Å². The first-order valence-corrected chi connectivity index (χ1v) is 12.9. The third kappa shape index (κ3) is 7.13. The minimum Gasteiger partial charge on any atom is -0.463 e. The van der Waals surface area contributed by atoms with Crippen molar-refractivity contribution < 1.29 is 46.5 Å². The summed E-state index contributed by atoms with van der Waals surface area (Å²) in [6.07, 6.45) is -1.05. The molecule has 12 nitrogen and oxygen atoms in total. The van der Waals surface area contributed by atoms with Crippen LogP contribution >= 0.6 is 11.8 Å². The van der Waals surface area contributed by atoms with Crippen LogP contribution in [0.5, 0.6) is 0 Å². The van der Waals surface area contributed by atoms with Crippen LogP contribution in [0.25, 0.3) is 11.3 Å². The summed E-state index contributed by atoms with van der Waals surface area (Å²) in [4.78, 5) is 50.8. The quantitative estimate of drug-likeness (QED) is 0.232. The predicted octanol–water partition coefficient (Wildman–Crippen LogP) is 2.54. The normalized spacial score (nSPS) is 22.1. The Labute approximate surface area is 234 Å². The molecule has 5 atom stereocenters. The molecule has 3 aromatic rings. The molecule has 1 aromatic carbocycles. The summed E-state index contributed by atoms with van der Waals surface area (Å²) in [6, 6.07) is 3.10. The van der Waals surface area contributed by atoms with Crippen molar-refractivity contribution in [1.29, 1.82) is 0 Å². The minimum absolute atomic E-state index is 0.0900. The highest BCUT2D eigenvalue weighted by molar-refractivity contribution is 7.99. The van der Waals surface area contributed by atoms with E-state index < -0.39 is 70.7 Å². The number of aromatic nitrogens is 4.